The lowest BCUT2D eigenvalue weighted by atomic mass is 10.2. The molecule has 3 aromatic rings. The second-order valence-corrected chi connectivity index (χ2v) is 9.06. The third-order valence-corrected chi connectivity index (χ3v) is 7.43. The van der Waals surface area contributed by atoms with Gasteiger partial charge in [0.25, 0.3) is 0 Å². The molecule has 8 heteroatoms. The molecule has 27 heavy (non-hydrogen) atoms. The molecule has 0 N–H and O–H groups in total. The van der Waals surface area contributed by atoms with E-state index in [0.29, 0.717) is 48.2 Å². The van der Waals surface area contributed by atoms with E-state index in [2.05, 4.69) is 16.1 Å². The number of pyridine rings is 1. The average Bonchev–Trinajstić information content (AvgIpc) is 3.06. The second kappa shape index (κ2) is 7.24. The van der Waals surface area contributed by atoms with E-state index in [0.717, 1.165) is 11.2 Å². The molecule has 3 heterocycles. The van der Waals surface area contributed by atoms with Gasteiger partial charge in [-0.05, 0) is 42.8 Å². The quantitative estimate of drug-likeness (QED) is 0.671. The van der Waals surface area contributed by atoms with Crippen LogP contribution in [0.2, 0.25) is 5.02 Å². The van der Waals surface area contributed by atoms with Crippen molar-refractivity contribution in [3.05, 3.63) is 64.9 Å². The van der Waals surface area contributed by atoms with Crippen molar-refractivity contribution in [2.45, 2.75) is 18.4 Å². The molecule has 0 spiro atoms. The van der Waals surface area contributed by atoms with Gasteiger partial charge in [-0.25, -0.2) is 12.9 Å². The van der Waals surface area contributed by atoms with E-state index in [1.165, 1.54) is 0 Å². The summed E-state index contributed by atoms with van der Waals surface area (Å²) in [6.45, 7) is 4.73. The fourth-order valence-electron chi connectivity index (χ4n) is 3.43. The van der Waals surface area contributed by atoms with E-state index in [1.54, 1.807) is 29.4 Å². The zero-order chi connectivity index (χ0) is 19.0. The predicted octanol–water partition coefficient (Wildman–Crippen LogP) is 2.80. The van der Waals surface area contributed by atoms with Gasteiger partial charge in [-0.1, -0.05) is 23.7 Å². The minimum Gasteiger partial charge on any atom is -0.295 e. The SMILES string of the molecule is Cc1c(Cl)cccc1S(=O)(=O)N1CCN(Cc2cc3ccccn3n2)CC1. The Labute approximate surface area is 164 Å². The largest absolute Gasteiger partial charge is 0.295 e. The normalized spacial score (nSPS) is 16.8. The van der Waals surface area contributed by atoms with Crippen molar-refractivity contribution >= 4 is 27.1 Å². The molecule has 0 bridgehead atoms. The number of halogens is 1. The standard InChI is InChI=1S/C19H21ClN4O2S/c1-15-18(20)6-4-7-19(15)27(25,26)23-11-9-22(10-12-23)14-16-13-17-5-2-3-8-24(17)21-16/h2-8,13H,9-12,14H2,1H3. The number of hydrogen-bond donors (Lipinski definition) is 0. The third-order valence-electron chi connectivity index (χ3n) is 4.97. The van der Waals surface area contributed by atoms with Crippen LogP contribution in [0, 0.1) is 6.92 Å². The maximum absolute atomic E-state index is 13.0. The van der Waals surface area contributed by atoms with E-state index in [4.69, 9.17) is 11.6 Å². The number of piperazine rings is 1. The topological polar surface area (TPSA) is 57.9 Å². The van der Waals surface area contributed by atoms with Crippen LogP contribution in [0.15, 0.2) is 53.6 Å². The Balaban J connectivity index is 1.44. The summed E-state index contributed by atoms with van der Waals surface area (Å²) in [4.78, 5) is 2.53. The fourth-order valence-corrected chi connectivity index (χ4v) is 5.33. The van der Waals surface area contributed by atoms with Crippen LogP contribution in [0.1, 0.15) is 11.3 Å². The molecule has 0 aliphatic carbocycles. The van der Waals surface area contributed by atoms with Crippen LogP contribution in [0.25, 0.3) is 5.52 Å². The van der Waals surface area contributed by atoms with Crippen molar-refractivity contribution < 1.29 is 8.42 Å². The smallest absolute Gasteiger partial charge is 0.243 e. The second-order valence-electron chi connectivity index (χ2n) is 6.75. The van der Waals surface area contributed by atoms with Crippen LogP contribution in [0.4, 0.5) is 0 Å². The number of fused-ring (bicyclic) bond motifs is 1. The lowest BCUT2D eigenvalue weighted by Crippen LogP contribution is -2.48. The number of benzene rings is 1. The zero-order valence-electron chi connectivity index (χ0n) is 15.0. The summed E-state index contributed by atoms with van der Waals surface area (Å²) in [7, 11) is -3.53. The Morgan fingerprint density at radius 1 is 1.07 bits per heavy atom. The first-order chi connectivity index (χ1) is 12.9. The van der Waals surface area contributed by atoms with Crippen LogP contribution in [0.5, 0.6) is 0 Å². The summed E-state index contributed by atoms with van der Waals surface area (Å²) < 4.78 is 29.4. The van der Waals surface area contributed by atoms with Crippen LogP contribution < -0.4 is 0 Å². The minimum atomic E-state index is -3.53. The summed E-state index contributed by atoms with van der Waals surface area (Å²) in [6.07, 6.45) is 1.93. The summed E-state index contributed by atoms with van der Waals surface area (Å²) >= 11 is 6.11. The molecule has 1 aromatic carbocycles. The van der Waals surface area contributed by atoms with Crippen molar-refractivity contribution in [2.75, 3.05) is 26.2 Å². The molecule has 1 saturated heterocycles. The molecule has 1 aliphatic heterocycles. The van der Waals surface area contributed by atoms with E-state index in [1.807, 2.05) is 28.9 Å². The van der Waals surface area contributed by atoms with Crippen molar-refractivity contribution in [3.63, 3.8) is 0 Å². The molecule has 0 unspecified atom stereocenters. The molecular weight excluding hydrogens is 384 g/mol. The third kappa shape index (κ3) is 3.60. The molecule has 0 atom stereocenters. The Kier molecular flexibility index (Phi) is 4.94. The fraction of sp³-hybridized carbons (Fsp3) is 0.316. The highest BCUT2D eigenvalue weighted by atomic mass is 35.5. The van der Waals surface area contributed by atoms with Crippen molar-refractivity contribution in [1.29, 1.82) is 0 Å². The van der Waals surface area contributed by atoms with E-state index in [-0.39, 0.29) is 0 Å². The number of nitrogens with zero attached hydrogens (tertiary/aromatic N) is 4. The Morgan fingerprint density at radius 3 is 2.59 bits per heavy atom. The van der Waals surface area contributed by atoms with E-state index >= 15 is 0 Å². The van der Waals surface area contributed by atoms with Gasteiger partial charge in [0.15, 0.2) is 0 Å². The molecule has 0 amide bonds. The van der Waals surface area contributed by atoms with E-state index < -0.39 is 10.0 Å². The van der Waals surface area contributed by atoms with Gasteiger partial charge >= 0.3 is 0 Å². The highest BCUT2D eigenvalue weighted by Gasteiger charge is 2.30. The predicted molar refractivity (Wildman–Crippen MR) is 105 cm³/mol. The van der Waals surface area contributed by atoms with Crippen molar-refractivity contribution in [3.8, 4) is 0 Å². The zero-order valence-corrected chi connectivity index (χ0v) is 16.6. The Morgan fingerprint density at radius 2 is 1.85 bits per heavy atom. The van der Waals surface area contributed by atoms with Crippen LogP contribution in [-0.2, 0) is 16.6 Å². The maximum atomic E-state index is 13.0. The molecule has 1 aliphatic rings. The van der Waals surface area contributed by atoms with E-state index in [9.17, 15) is 8.42 Å². The summed E-state index contributed by atoms with van der Waals surface area (Å²) in [6, 6.07) is 13.0. The average molecular weight is 405 g/mol. The van der Waals surface area contributed by atoms with Gasteiger partial charge in [0.2, 0.25) is 10.0 Å². The molecule has 4 rings (SSSR count). The number of aromatic nitrogens is 2. The first-order valence-corrected chi connectivity index (χ1v) is 10.7. The summed E-state index contributed by atoms with van der Waals surface area (Å²) in [5.74, 6) is 0. The van der Waals surface area contributed by atoms with Gasteiger partial charge in [-0.3, -0.25) is 4.90 Å². The Bertz CT molecular complexity index is 1040. The molecule has 0 radical (unpaired) electrons. The highest BCUT2D eigenvalue weighted by molar-refractivity contribution is 7.89. The van der Waals surface area contributed by atoms with Gasteiger partial charge in [0, 0.05) is 43.9 Å². The molecular formula is C19H21ClN4O2S. The van der Waals surface area contributed by atoms with Gasteiger partial charge in [-0.15, -0.1) is 0 Å². The van der Waals surface area contributed by atoms with Crippen molar-refractivity contribution in [1.82, 2.24) is 18.8 Å². The monoisotopic (exact) mass is 404 g/mol. The Hall–Kier alpha value is -1.93. The van der Waals surface area contributed by atoms with Crippen LogP contribution in [0.3, 0.4) is 0 Å². The van der Waals surface area contributed by atoms with Crippen molar-refractivity contribution in [2.24, 2.45) is 0 Å². The lowest BCUT2D eigenvalue weighted by Gasteiger charge is -2.33. The number of rotatable bonds is 4. The van der Waals surface area contributed by atoms with Gasteiger partial charge < -0.3 is 0 Å². The first kappa shape index (κ1) is 18.4. The van der Waals surface area contributed by atoms with Gasteiger partial charge in [-0.2, -0.15) is 9.40 Å². The van der Waals surface area contributed by atoms with Gasteiger partial charge in [0.1, 0.15) is 0 Å². The molecule has 0 saturated carbocycles. The molecule has 2 aromatic heterocycles. The highest BCUT2D eigenvalue weighted by Crippen LogP contribution is 2.26. The van der Waals surface area contributed by atoms with Crippen LogP contribution >= 0.6 is 11.6 Å². The number of hydrogen-bond acceptors (Lipinski definition) is 4. The minimum absolute atomic E-state index is 0.295. The maximum Gasteiger partial charge on any atom is 0.243 e. The summed E-state index contributed by atoms with van der Waals surface area (Å²) in [5.41, 5.74) is 2.65. The van der Waals surface area contributed by atoms with Crippen LogP contribution in [-0.4, -0.2) is 53.4 Å². The molecule has 6 nitrogen and oxygen atoms in total. The summed E-state index contributed by atoms with van der Waals surface area (Å²) in [5, 5.41) is 5.05. The molecule has 142 valence electrons. The number of sulfonamides is 1. The molecule has 1 fully saturated rings. The lowest BCUT2D eigenvalue weighted by molar-refractivity contribution is 0.180. The first-order valence-electron chi connectivity index (χ1n) is 8.86. The van der Waals surface area contributed by atoms with Gasteiger partial charge in [0.05, 0.1) is 16.1 Å².